The van der Waals surface area contributed by atoms with Crippen LogP contribution in [0.4, 0.5) is 0 Å². The number of hydrogen-bond donors (Lipinski definition) is 1. The Morgan fingerprint density at radius 2 is 2.33 bits per heavy atom. The molecule has 1 aromatic heterocycles. The predicted octanol–water partition coefficient (Wildman–Crippen LogP) is 0.375. The first-order valence-electron chi connectivity index (χ1n) is 4.05. The fourth-order valence-corrected chi connectivity index (χ4v) is 2.21. The molecule has 5 nitrogen and oxygen atoms in total. The normalized spacial score (nSPS) is 10.9. The van der Waals surface area contributed by atoms with Gasteiger partial charge in [-0.2, -0.15) is 4.72 Å². The Morgan fingerprint density at radius 3 is 2.80 bits per heavy atom. The predicted molar refractivity (Wildman–Crippen MR) is 56.9 cm³/mol. The molecule has 0 fully saturated rings. The number of halogens is 1. The highest BCUT2D eigenvalue weighted by molar-refractivity contribution is 7.89. The lowest BCUT2D eigenvalue weighted by Crippen LogP contribution is -2.24. The number of sulfonamides is 1. The Kier molecular flexibility index (Phi) is 3.74. The summed E-state index contributed by atoms with van der Waals surface area (Å²) in [5.74, 6) is 5.16. The lowest BCUT2D eigenvalue weighted by Gasteiger charge is -2.00. The smallest absolute Gasteiger partial charge is 0.262 e. The molecule has 0 unspecified atom stereocenters. The van der Waals surface area contributed by atoms with Gasteiger partial charge in [-0.15, -0.1) is 5.92 Å². The summed E-state index contributed by atoms with van der Waals surface area (Å²) >= 11 is 5.75. The van der Waals surface area contributed by atoms with Crippen molar-refractivity contribution in [3.8, 4) is 11.8 Å². The Hall–Kier alpha value is -1.03. The highest BCUT2D eigenvalue weighted by atomic mass is 35.5. The van der Waals surface area contributed by atoms with E-state index < -0.39 is 10.0 Å². The first-order valence-corrected chi connectivity index (χ1v) is 5.91. The summed E-state index contributed by atoms with van der Waals surface area (Å²) in [6.07, 6.45) is 1.34. The third-order valence-corrected chi connectivity index (χ3v) is 3.51. The van der Waals surface area contributed by atoms with Crippen molar-refractivity contribution in [1.82, 2.24) is 14.3 Å². The minimum atomic E-state index is -3.66. The van der Waals surface area contributed by atoms with Gasteiger partial charge in [-0.1, -0.05) is 17.5 Å². The summed E-state index contributed by atoms with van der Waals surface area (Å²) in [7, 11) is -2.05. The van der Waals surface area contributed by atoms with Crippen LogP contribution in [0.15, 0.2) is 11.4 Å². The lowest BCUT2D eigenvalue weighted by molar-refractivity contribution is 0.583. The largest absolute Gasteiger partial charge is 0.324 e. The zero-order valence-corrected chi connectivity index (χ0v) is 9.85. The van der Waals surface area contributed by atoms with Crippen LogP contribution in [0.5, 0.6) is 0 Å². The van der Waals surface area contributed by atoms with Crippen LogP contribution in [-0.4, -0.2) is 24.5 Å². The highest BCUT2D eigenvalue weighted by Crippen LogP contribution is 2.17. The van der Waals surface area contributed by atoms with Crippen molar-refractivity contribution >= 4 is 21.6 Å². The zero-order valence-electron chi connectivity index (χ0n) is 8.28. The van der Waals surface area contributed by atoms with Crippen LogP contribution in [-0.2, 0) is 17.1 Å². The van der Waals surface area contributed by atoms with Crippen LogP contribution in [0.2, 0.25) is 5.15 Å². The Labute approximate surface area is 93.5 Å². The first kappa shape index (κ1) is 12.0. The van der Waals surface area contributed by atoms with E-state index in [1.54, 1.807) is 14.0 Å². The van der Waals surface area contributed by atoms with E-state index >= 15 is 0 Å². The van der Waals surface area contributed by atoms with Crippen molar-refractivity contribution < 1.29 is 8.42 Å². The van der Waals surface area contributed by atoms with Gasteiger partial charge < -0.3 is 4.57 Å². The molecular weight excluding hydrogens is 238 g/mol. The molecule has 0 aromatic carbocycles. The molecular formula is C8H10ClN3O2S. The molecule has 1 N–H and O–H groups in total. The number of nitrogens with zero attached hydrogens (tertiary/aromatic N) is 2. The lowest BCUT2D eigenvalue weighted by atomic mass is 10.6. The maximum atomic E-state index is 11.6. The maximum absolute atomic E-state index is 11.6. The fraction of sp³-hybridized carbons (Fsp3) is 0.375. The van der Waals surface area contributed by atoms with Gasteiger partial charge in [0.05, 0.1) is 12.9 Å². The molecule has 0 spiro atoms. The van der Waals surface area contributed by atoms with Crippen LogP contribution in [0, 0.1) is 11.8 Å². The third kappa shape index (κ3) is 2.72. The topological polar surface area (TPSA) is 64.0 Å². The zero-order chi connectivity index (χ0) is 11.5. The van der Waals surface area contributed by atoms with E-state index in [-0.39, 0.29) is 16.7 Å². The van der Waals surface area contributed by atoms with Crippen molar-refractivity contribution in [2.45, 2.75) is 11.9 Å². The second-order valence-corrected chi connectivity index (χ2v) is 4.74. The van der Waals surface area contributed by atoms with E-state index in [1.165, 1.54) is 10.9 Å². The van der Waals surface area contributed by atoms with Gasteiger partial charge in [-0.05, 0) is 6.92 Å². The van der Waals surface area contributed by atoms with Gasteiger partial charge in [0.2, 0.25) is 5.03 Å². The summed E-state index contributed by atoms with van der Waals surface area (Å²) in [4.78, 5) is 3.70. The van der Waals surface area contributed by atoms with E-state index in [0.717, 1.165) is 0 Å². The molecule has 1 aromatic rings. The summed E-state index contributed by atoms with van der Waals surface area (Å²) in [5, 5.41) is -0.100. The number of rotatable bonds is 3. The van der Waals surface area contributed by atoms with Crippen molar-refractivity contribution in [2.24, 2.45) is 7.05 Å². The molecule has 0 radical (unpaired) electrons. The van der Waals surface area contributed by atoms with E-state index in [9.17, 15) is 8.42 Å². The molecule has 82 valence electrons. The van der Waals surface area contributed by atoms with Gasteiger partial charge in [0.1, 0.15) is 5.15 Å². The quantitative estimate of drug-likeness (QED) is 0.786. The average Bonchev–Trinajstić information content (AvgIpc) is 2.48. The van der Waals surface area contributed by atoms with Crippen LogP contribution in [0.3, 0.4) is 0 Å². The average molecular weight is 248 g/mol. The first-order chi connectivity index (χ1) is 6.99. The standard InChI is InChI=1S/C8H10ClN3O2S/c1-3-4-5-11-15(13,14)8-7(9)12(2)6-10-8/h6,11H,5H2,1-2H3. The van der Waals surface area contributed by atoms with Crippen molar-refractivity contribution in [3.05, 3.63) is 11.5 Å². The van der Waals surface area contributed by atoms with Gasteiger partial charge in [0.15, 0.2) is 0 Å². The molecule has 0 aliphatic carbocycles. The summed E-state index contributed by atoms with van der Waals surface area (Å²) in [6.45, 7) is 1.67. The molecule has 0 atom stereocenters. The molecule has 0 aliphatic rings. The van der Waals surface area contributed by atoms with Crippen molar-refractivity contribution in [3.63, 3.8) is 0 Å². The van der Waals surface area contributed by atoms with Crippen LogP contribution in [0.25, 0.3) is 0 Å². The van der Waals surface area contributed by atoms with Crippen LogP contribution in [0.1, 0.15) is 6.92 Å². The number of aromatic nitrogens is 2. The van der Waals surface area contributed by atoms with Gasteiger partial charge in [-0.3, -0.25) is 0 Å². The molecule has 0 saturated carbocycles. The molecule has 1 rings (SSSR count). The van der Waals surface area contributed by atoms with E-state index in [1.807, 2.05) is 0 Å². The summed E-state index contributed by atoms with van der Waals surface area (Å²) in [6, 6.07) is 0. The van der Waals surface area contributed by atoms with E-state index in [2.05, 4.69) is 21.5 Å². The molecule has 0 saturated heterocycles. The van der Waals surface area contributed by atoms with Crippen LogP contribution >= 0.6 is 11.6 Å². The number of aryl methyl sites for hydroxylation is 1. The van der Waals surface area contributed by atoms with Crippen LogP contribution < -0.4 is 4.72 Å². The van der Waals surface area contributed by atoms with Crippen molar-refractivity contribution in [2.75, 3.05) is 6.54 Å². The van der Waals surface area contributed by atoms with Crippen molar-refractivity contribution in [1.29, 1.82) is 0 Å². The summed E-state index contributed by atoms with van der Waals surface area (Å²) < 4.78 is 26.9. The fourth-order valence-electron chi connectivity index (χ4n) is 0.862. The second kappa shape index (κ2) is 4.66. The Balaban J connectivity index is 2.95. The minimum Gasteiger partial charge on any atom is -0.324 e. The minimum absolute atomic E-state index is 0.0474. The molecule has 0 aliphatic heterocycles. The highest BCUT2D eigenvalue weighted by Gasteiger charge is 2.21. The molecule has 0 amide bonds. The Morgan fingerprint density at radius 1 is 1.67 bits per heavy atom. The maximum Gasteiger partial charge on any atom is 0.262 e. The number of nitrogens with one attached hydrogen (secondary N) is 1. The molecule has 15 heavy (non-hydrogen) atoms. The SMILES string of the molecule is CC#CCNS(=O)(=O)c1ncn(C)c1Cl. The monoisotopic (exact) mass is 247 g/mol. The third-order valence-electron chi connectivity index (χ3n) is 1.62. The second-order valence-electron chi connectivity index (χ2n) is 2.70. The molecule has 7 heteroatoms. The Bertz CT molecular complexity index is 510. The van der Waals surface area contributed by atoms with Gasteiger partial charge in [0, 0.05) is 7.05 Å². The van der Waals surface area contributed by atoms with E-state index in [4.69, 9.17) is 11.6 Å². The molecule has 0 bridgehead atoms. The number of imidazole rings is 1. The van der Waals surface area contributed by atoms with Gasteiger partial charge in [-0.25, -0.2) is 13.4 Å². The van der Waals surface area contributed by atoms with E-state index in [0.29, 0.717) is 0 Å². The van der Waals surface area contributed by atoms with Gasteiger partial charge >= 0.3 is 0 Å². The molecule has 1 heterocycles. The number of hydrogen-bond acceptors (Lipinski definition) is 3. The van der Waals surface area contributed by atoms with Gasteiger partial charge in [0.25, 0.3) is 10.0 Å². The summed E-state index contributed by atoms with van der Waals surface area (Å²) in [5.41, 5.74) is 0.